The van der Waals surface area contributed by atoms with Crippen molar-refractivity contribution >= 4 is 18.0 Å². The van der Waals surface area contributed by atoms with Gasteiger partial charge in [-0.3, -0.25) is 14.8 Å². The third-order valence-corrected chi connectivity index (χ3v) is 1.63. The molecule has 0 bridgehead atoms. The molecule has 0 saturated heterocycles. The van der Waals surface area contributed by atoms with Crippen molar-refractivity contribution in [1.82, 2.24) is 4.98 Å². The Hall–Kier alpha value is -2.15. The molecule has 7 heteroatoms. The van der Waals surface area contributed by atoms with Gasteiger partial charge in [0.15, 0.2) is 0 Å². The van der Waals surface area contributed by atoms with Gasteiger partial charge in [0.2, 0.25) is 0 Å². The van der Waals surface area contributed by atoms with Crippen LogP contribution in [0.25, 0.3) is 0 Å². The van der Waals surface area contributed by atoms with Crippen LogP contribution in [-0.2, 0) is 11.2 Å². The summed E-state index contributed by atoms with van der Waals surface area (Å²) in [5.74, 6) is 9.49. The lowest BCUT2D eigenvalue weighted by atomic mass is 10.2. The molecule has 1 rings (SSSR count). The van der Waals surface area contributed by atoms with Crippen LogP contribution in [0.2, 0.25) is 0 Å². The summed E-state index contributed by atoms with van der Waals surface area (Å²) in [4.78, 5) is 14.3. The van der Waals surface area contributed by atoms with Crippen molar-refractivity contribution in [2.24, 2.45) is 16.8 Å². The van der Waals surface area contributed by atoms with E-state index in [0.29, 0.717) is 11.4 Å². The zero-order valence-corrected chi connectivity index (χ0v) is 7.87. The fraction of sp³-hybridized carbons (Fsp3) is 0.125. The highest BCUT2D eigenvalue weighted by atomic mass is 16.4. The number of carbonyl (C=O) groups is 1. The van der Waals surface area contributed by atoms with E-state index in [9.17, 15) is 4.79 Å². The lowest BCUT2D eigenvalue weighted by Crippen LogP contribution is -2.29. The predicted molar refractivity (Wildman–Crippen MR) is 54.9 cm³/mol. The number of nitrogens with zero attached hydrogens (tertiary/aromatic N) is 3. The molecule has 0 aliphatic rings. The predicted octanol–water partition coefficient (Wildman–Crippen LogP) is -0.709. The van der Waals surface area contributed by atoms with E-state index in [1.54, 1.807) is 12.1 Å². The van der Waals surface area contributed by atoms with Gasteiger partial charge in [0, 0.05) is 0 Å². The molecule has 0 spiro atoms. The average Bonchev–Trinajstić information content (AvgIpc) is 2.18. The van der Waals surface area contributed by atoms with Crippen LogP contribution in [0.15, 0.2) is 23.4 Å². The Balaban J connectivity index is 2.75. The number of pyridine rings is 1. The highest BCUT2D eigenvalue weighted by Gasteiger charge is 2.03. The summed E-state index contributed by atoms with van der Waals surface area (Å²) in [5.41, 5.74) is 1.03. The number of aliphatic carboxylic acids is 1. The molecule has 0 aromatic carbocycles. The zero-order chi connectivity index (χ0) is 11.3. The van der Waals surface area contributed by atoms with Crippen LogP contribution >= 0.6 is 0 Å². The van der Waals surface area contributed by atoms with Crippen molar-refractivity contribution in [2.75, 3.05) is 5.01 Å². The van der Waals surface area contributed by atoms with Gasteiger partial charge in [-0.25, -0.2) is 5.84 Å². The molecule has 0 saturated carbocycles. The van der Waals surface area contributed by atoms with Crippen molar-refractivity contribution < 1.29 is 9.90 Å². The number of carboxylic acids is 1. The average molecular weight is 209 g/mol. The molecule has 0 atom stereocenters. The van der Waals surface area contributed by atoms with Gasteiger partial charge in [-0.05, 0) is 12.1 Å². The molecule has 1 aromatic heterocycles. The summed E-state index contributed by atoms with van der Waals surface area (Å²) in [6.45, 7) is 0. The van der Waals surface area contributed by atoms with E-state index in [2.05, 4.69) is 10.1 Å². The normalized spacial score (nSPS) is 10.5. The second-order valence-electron chi connectivity index (χ2n) is 2.75. The van der Waals surface area contributed by atoms with Crippen LogP contribution in [0.3, 0.4) is 0 Å². The molecule has 15 heavy (non-hydrogen) atoms. The lowest BCUT2D eigenvalue weighted by molar-refractivity contribution is -0.136. The van der Waals surface area contributed by atoms with Gasteiger partial charge in [0.1, 0.15) is 6.34 Å². The molecule has 0 amide bonds. The summed E-state index contributed by atoms with van der Waals surface area (Å²) in [5, 5.41) is 12.9. The highest BCUT2D eigenvalue weighted by Crippen LogP contribution is 2.08. The smallest absolute Gasteiger partial charge is 0.309 e. The standard InChI is InChI=1S/C8H11N5O2/c9-12-5-13(10)7-2-1-6(11-4-7)3-8(14)15/h1-2,4-5H,3,9-10H2,(H,14,15)/b12-5-. The van der Waals surface area contributed by atoms with Gasteiger partial charge in [-0.2, -0.15) is 5.10 Å². The first kappa shape index (κ1) is 10.9. The van der Waals surface area contributed by atoms with Crippen molar-refractivity contribution in [3.8, 4) is 0 Å². The maximum atomic E-state index is 10.4. The fourth-order valence-electron chi connectivity index (χ4n) is 0.967. The Morgan fingerprint density at radius 3 is 2.87 bits per heavy atom. The number of carboxylic acid groups (broad SMARTS) is 1. The second-order valence-corrected chi connectivity index (χ2v) is 2.75. The van der Waals surface area contributed by atoms with Crippen molar-refractivity contribution in [2.45, 2.75) is 6.42 Å². The Morgan fingerprint density at radius 1 is 1.67 bits per heavy atom. The number of hydrogen-bond donors (Lipinski definition) is 3. The topological polar surface area (TPSA) is 118 Å². The van der Waals surface area contributed by atoms with E-state index in [1.807, 2.05) is 0 Å². The largest absolute Gasteiger partial charge is 0.481 e. The third kappa shape index (κ3) is 3.24. The molecule has 0 fully saturated rings. The van der Waals surface area contributed by atoms with Crippen LogP contribution in [0.5, 0.6) is 0 Å². The van der Waals surface area contributed by atoms with Gasteiger partial charge in [-0.15, -0.1) is 0 Å². The molecule has 80 valence electrons. The van der Waals surface area contributed by atoms with Gasteiger partial charge >= 0.3 is 5.97 Å². The Bertz CT molecular complexity index is 362. The van der Waals surface area contributed by atoms with Crippen molar-refractivity contribution in [3.05, 3.63) is 24.0 Å². The SMILES string of the molecule is N/N=C\N(N)c1ccc(CC(=O)O)nc1. The van der Waals surface area contributed by atoms with Crippen LogP contribution in [-0.4, -0.2) is 22.4 Å². The number of anilines is 1. The van der Waals surface area contributed by atoms with Gasteiger partial charge in [0.05, 0.1) is 24.0 Å². The van der Waals surface area contributed by atoms with E-state index < -0.39 is 5.97 Å². The highest BCUT2D eigenvalue weighted by molar-refractivity contribution is 5.77. The fourth-order valence-corrected chi connectivity index (χ4v) is 0.967. The van der Waals surface area contributed by atoms with E-state index in [-0.39, 0.29) is 6.42 Å². The minimum Gasteiger partial charge on any atom is -0.481 e. The number of rotatable bonds is 4. The minimum absolute atomic E-state index is 0.115. The summed E-state index contributed by atoms with van der Waals surface area (Å²) in [6, 6.07) is 3.21. The summed E-state index contributed by atoms with van der Waals surface area (Å²) in [6.07, 6.45) is 2.55. The maximum absolute atomic E-state index is 10.4. The number of aromatic nitrogens is 1. The molecule has 0 aliphatic heterocycles. The van der Waals surface area contributed by atoms with Crippen LogP contribution < -0.4 is 16.7 Å². The van der Waals surface area contributed by atoms with Crippen LogP contribution in [0.1, 0.15) is 5.69 Å². The van der Waals surface area contributed by atoms with E-state index in [1.165, 1.54) is 17.5 Å². The van der Waals surface area contributed by atoms with Crippen LogP contribution in [0.4, 0.5) is 5.69 Å². The van der Waals surface area contributed by atoms with Gasteiger partial charge < -0.3 is 10.9 Å². The first-order valence-corrected chi connectivity index (χ1v) is 4.07. The minimum atomic E-state index is -0.927. The van der Waals surface area contributed by atoms with E-state index in [4.69, 9.17) is 16.8 Å². The summed E-state index contributed by atoms with van der Waals surface area (Å²) >= 11 is 0. The lowest BCUT2D eigenvalue weighted by Gasteiger charge is -2.11. The van der Waals surface area contributed by atoms with Gasteiger partial charge in [-0.1, -0.05) is 0 Å². The molecule has 5 N–H and O–H groups in total. The molecule has 1 heterocycles. The molecular weight excluding hydrogens is 198 g/mol. The Kier molecular flexibility index (Phi) is 3.58. The van der Waals surface area contributed by atoms with Crippen molar-refractivity contribution in [1.29, 1.82) is 0 Å². The van der Waals surface area contributed by atoms with Crippen LogP contribution in [0, 0.1) is 0 Å². The Labute approximate surface area is 86.0 Å². The third-order valence-electron chi connectivity index (χ3n) is 1.63. The molecular formula is C8H11N5O2. The first-order valence-electron chi connectivity index (χ1n) is 4.07. The molecule has 0 unspecified atom stereocenters. The van der Waals surface area contributed by atoms with Crippen molar-refractivity contribution in [3.63, 3.8) is 0 Å². The number of hydrazone groups is 1. The molecule has 1 aromatic rings. The zero-order valence-electron chi connectivity index (χ0n) is 7.87. The monoisotopic (exact) mass is 209 g/mol. The molecule has 0 radical (unpaired) electrons. The summed E-state index contributed by atoms with van der Waals surface area (Å²) in [7, 11) is 0. The quantitative estimate of drug-likeness (QED) is 0.261. The molecule has 0 aliphatic carbocycles. The van der Waals surface area contributed by atoms with E-state index in [0.717, 1.165) is 0 Å². The second kappa shape index (κ2) is 4.91. The summed E-state index contributed by atoms with van der Waals surface area (Å²) < 4.78 is 0. The first-order chi connectivity index (χ1) is 7.13. The number of hydrazine groups is 1. The number of hydrogen-bond acceptors (Lipinski definition) is 5. The number of nitrogens with two attached hydrogens (primary N) is 2. The van der Waals surface area contributed by atoms with Gasteiger partial charge in [0.25, 0.3) is 0 Å². The van der Waals surface area contributed by atoms with E-state index >= 15 is 0 Å². The Morgan fingerprint density at radius 2 is 2.40 bits per heavy atom. The molecule has 7 nitrogen and oxygen atoms in total. The maximum Gasteiger partial charge on any atom is 0.309 e.